The van der Waals surface area contributed by atoms with Crippen molar-refractivity contribution in [1.29, 1.82) is 0 Å². The predicted octanol–water partition coefficient (Wildman–Crippen LogP) is 2.37. The Kier molecular flexibility index (Phi) is 4.42. The Morgan fingerprint density at radius 1 is 1.22 bits per heavy atom. The summed E-state index contributed by atoms with van der Waals surface area (Å²) in [5.74, 6) is -3.53. The molecule has 2 N–H and O–H groups in total. The van der Waals surface area contributed by atoms with Gasteiger partial charge in [-0.05, 0) is 63.7 Å². The van der Waals surface area contributed by atoms with Gasteiger partial charge < -0.3 is 19.7 Å². The minimum Gasteiger partial charge on any atom is -0.390 e. The molecule has 0 radical (unpaired) electrons. The summed E-state index contributed by atoms with van der Waals surface area (Å²) in [6.45, 7) is 5.87. The fourth-order valence-electron chi connectivity index (χ4n) is 7.92. The van der Waals surface area contributed by atoms with Crippen LogP contribution in [0.3, 0.4) is 0 Å². The summed E-state index contributed by atoms with van der Waals surface area (Å²) >= 11 is 0. The van der Waals surface area contributed by atoms with Crippen molar-refractivity contribution >= 4 is 11.6 Å². The van der Waals surface area contributed by atoms with Gasteiger partial charge in [0, 0.05) is 16.7 Å². The molecular weight excluding hydrogens is 422 g/mol. The van der Waals surface area contributed by atoms with Crippen LogP contribution in [0.5, 0.6) is 0 Å². The number of aliphatic hydroxyl groups excluding tert-OH is 2. The van der Waals surface area contributed by atoms with Crippen molar-refractivity contribution in [2.24, 2.45) is 22.7 Å². The average molecular weight is 452 g/mol. The van der Waals surface area contributed by atoms with Crippen LogP contribution < -0.4 is 0 Å². The molecule has 9 atom stereocenters. The summed E-state index contributed by atoms with van der Waals surface area (Å²) in [5, 5.41) is 21.1. The highest BCUT2D eigenvalue weighted by molar-refractivity contribution is 6.01. The van der Waals surface area contributed by atoms with Gasteiger partial charge in [0.05, 0.1) is 12.2 Å². The highest BCUT2D eigenvalue weighted by Crippen LogP contribution is 2.72. The highest BCUT2D eigenvalue weighted by atomic mass is 19.1. The molecule has 0 aromatic carbocycles. The van der Waals surface area contributed by atoms with Gasteiger partial charge in [-0.1, -0.05) is 13.0 Å². The summed E-state index contributed by atoms with van der Waals surface area (Å²) in [6, 6.07) is 0. The molecule has 6 nitrogen and oxygen atoms in total. The van der Waals surface area contributed by atoms with E-state index in [-0.39, 0.29) is 24.8 Å². The lowest BCUT2D eigenvalue weighted by Gasteiger charge is -2.63. The van der Waals surface area contributed by atoms with Crippen molar-refractivity contribution in [3.8, 4) is 0 Å². The van der Waals surface area contributed by atoms with Crippen LogP contribution in [0.4, 0.5) is 8.78 Å². The molecule has 3 saturated carbocycles. The first-order chi connectivity index (χ1) is 14.8. The molecule has 176 valence electrons. The second-order valence-electron chi connectivity index (χ2n) is 11.0. The zero-order valence-corrected chi connectivity index (χ0v) is 18.7. The predicted molar refractivity (Wildman–Crippen MR) is 109 cm³/mol. The van der Waals surface area contributed by atoms with Crippen molar-refractivity contribution in [2.45, 2.75) is 82.4 Å². The first-order valence-electron chi connectivity index (χ1n) is 11.3. The second kappa shape index (κ2) is 6.34. The van der Waals surface area contributed by atoms with Crippen LogP contribution >= 0.6 is 0 Å². The minimum atomic E-state index is -2.24. The number of Topliss-reactive ketones (excluding diaryl/α,β-unsaturated/α-hetero) is 1. The van der Waals surface area contributed by atoms with Crippen molar-refractivity contribution < 1.29 is 38.1 Å². The van der Waals surface area contributed by atoms with Crippen LogP contribution in [-0.4, -0.2) is 63.8 Å². The number of carbonyl (C=O) groups excluding carboxylic acids is 2. The molecule has 1 heterocycles. The Labute approximate surface area is 185 Å². The standard InChI is InChI=1S/C24H30F2O6/c1-20(2)31-19-9-13-14-8-16(25)15-7-12(28)5-6-21(15,3)23(14,26)17(29)10-22(13,4)24(19,32-20)18(30)11-27/h5-7,13-14,16-17,19,27,29H,8-11H2,1-4H3/t13-,14-,16+,17+,19-,21+,22+,23+,24-/m1/s1. The topological polar surface area (TPSA) is 93.1 Å². The molecule has 0 amide bonds. The van der Waals surface area contributed by atoms with E-state index in [0.717, 1.165) is 6.08 Å². The van der Waals surface area contributed by atoms with Gasteiger partial charge in [0.2, 0.25) is 0 Å². The Balaban J connectivity index is 1.66. The van der Waals surface area contributed by atoms with E-state index in [2.05, 4.69) is 0 Å². The monoisotopic (exact) mass is 452 g/mol. The molecule has 0 bridgehead atoms. The summed E-state index contributed by atoms with van der Waals surface area (Å²) in [6.07, 6.45) is -0.151. The van der Waals surface area contributed by atoms with E-state index in [9.17, 15) is 19.8 Å². The third-order valence-electron chi connectivity index (χ3n) is 9.18. The molecule has 8 heteroatoms. The van der Waals surface area contributed by atoms with Gasteiger partial charge in [0.1, 0.15) is 12.8 Å². The lowest BCUT2D eigenvalue weighted by molar-refractivity contribution is -0.248. The lowest BCUT2D eigenvalue weighted by Crippen LogP contribution is -2.71. The number of ether oxygens (including phenoxy) is 2. The maximum absolute atomic E-state index is 17.1. The number of carbonyl (C=O) groups is 2. The number of rotatable bonds is 2. The van der Waals surface area contributed by atoms with E-state index in [1.54, 1.807) is 20.8 Å². The number of aliphatic hydroxyl groups is 2. The molecule has 0 unspecified atom stereocenters. The molecule has 0 aromatic heterocycles. The second-order valence-corrected chi connectivity index (χ2v) is 11.0. The van der Waals surface area contributed by atoms with E-state index >= 15 is 8.78 Å². The van der Waals surface area contributed by atoms with E-state index in [0.29, 0.717) is 0 Å². The Hall–Kier alpha value is -1.48. The number of allylic oxidation sites excluding steroid dienone is 4. The third-order valence-corrected chi connectivity index (χ3v) is 9.18. The van der Waals surface area contributed by atoms with Gasteiger partial charge in [-0.2, -0.15) is 0 Å². The molecule has 5 aliphatic rings. The first-order valence-corrected chi connectivity index (χ1v) is 11.3. The molecule has 5 rings (SSSR count). The zero-order valence-electron chi connectivity index (χ0n) is 18.7. The van der Waals surface area contributed by atoms with Crippen molar-refractivity contribution in [3.63, 3.8) is 0 Å². The van der Waals surface area contributed by atoms with Crippen LogP contribution in [0.2, 0.25) is 0 Å². The number of fused-ring (bicyclic) bond motifs is 7. The maximum atomic E-state index is 17.1. The quantitative estimate of drug-likeness (QED) is 0.668. The Morgan fingerprint density at radius 3 is 2.56 bits per heavy atom. The van der Waals surface area contributed by atoms with Crippen molar-refractivity contribution in [1.82, 2.24) is 0 Å². The normalized spacial score (nSPS) is 53.2. The molecule has 1 aliphatic heterocycles. The molecule has 4 aliphatic carbocycles. The van der Waals surface area contributed by atoms with Gasteiger partial charge in [-0.3, -0.25) is 9.59 Å². The van der Waals surface area contributed by atoms with E-state index in [1.165, 1.54) is 19.1 Å². The van der Waals surface area contributed by atoms with E-state index < -0.39 is 76.3 Å². The zero-order chi connectivity index (χ0) is 23.5. The van der Waals surface area contributed by atoms with Crippen LogP contribution in [0.25, 0.3) is 0 Å². The molecule has 0 aromatic rings. The molecule has 0 spiro atoms. The van der Waals surface area contributed by atoms with Gasteiger partial charge in [-0.15, -0.1) is 0 Å². The highest BCUT2D eigenvalue weighted by Gasteiger charge is 2.80. The van der Waals surface area contributed by atoms with Crippen molar-refractivity contribution in [2.75, 3.05) is 6.61 Å². The van der Waals surface area contributed by atoms with Gasteiger partial charge in [0.15, 0.2) is 28.6 Å². The summed E-state index contributed by atoms with van der Waals surface area (Å²) in [4.78, 5) is 25.1. The third kappa shape index (κ3) is 2.32. The molecule has 4 fully saturated rings. The smallest absolute Gasteiger partial charge is 0.193 e. The number of hydrogen-bond donors (Lipinski definition) is 2. The molecular formula is C24H30F2O6. The summed E-state index contributed by atoms with van der Waals surface area (Å²) < 4.78 is 44.8. The van der Waals surface area contributed by atoms with Crippen molar-refractivity contribution in [3.05, 3.63) is 23.8 Å². The average Bonchev–Trinajstić information content (AvgIpc) is 3.11. The largest absolute Gasteiger partial charge is 0.390 e. The molecule has 1 saturated heterocycles. The van der Waals surface area contributed by atoms with Crippen LogP contribution in [-0.2, 0) is 19.1 Å². The van der Waals surface area contributed by atoms with Crippen LogP contribution in [0.15, 0.2) is 23.8 Å². The summed E-state index contributed by atoms with van der Waals surface area (Å²) in [7, 11) is 0. The van der Waals surface area contributed by atoms with E-state index in [4.69, 9.17) is 9.47 Å². The Bertz CT molecular complexity index is 960. The first kappa shape index (κ1) is 22.3. The number of alkyl halides is 2. The number of hydrogen-bond acceptors (Lipinski definition) is 6. The van der Waals surface area contributed by atoms with Crippen LogP contribution in [0.1, 0.15) is 47.0 Å². The SMILES string of the molecule is CC1(C)O[C@@H]2C[C@@H]3[C@H]4C[C@H](F)C5=CC(=O)C=C[C@]5(C)[C@@]4(F)[C@@H](O)C[C@]3(C)[C@]2(C(=O)CO)O1. The number of ketones is 2. The maximum Gasteiger partial charge on any atom is 0.193 e. The van der Waals surface area contributed by atoms with E-state index in [1.807, 2.05) is 0 Å². The van der Waals surface area contributed by atoms with Crippen LogP contribution in [0, 0.1) is 22.7 Å². The minimum absolute atomic E-state index is 0.0550. The van der Waals surface area contributed by atoms with Gasteiger partial charge in [-0.25, -0.2) is 8.78 Å². The molecule has 32 heavy (non-hydrogen) atoms. The fourth-order valence-corrected chi connectivity index (χ4v) is 7.92. The fraction of sp³-hybridized carbons (Fsp3) is 0.750. The van der Waals surface area contributed by atoms with Gasteiger partial charge >= 0.3 is 0 Å². The number of halogens is 2. The Morgan fingerprint density at radius 2 is 1.91 bits per heavy atom. The van der Waals surface area contributed by atoms with Gasteiger partial charge in [0.25, 0.3) is 0 Å². The summed E-state index contributed by atoms with van der Waals surface area (Å²) in [5.41, 5.74) is -6.30. The lowest BCUT2D eigenvalue weighted by atomic mass is 9.44.